The molecule has 1 amide bonds. The summed E-state index contributed by atoms with van der Waals surface area (Å²) in [6, 6.07) is 13.7. The van der Waals surface area contributed by atoms with E-state index >= 15 is 0 Å². The van der Waals surface area contributed by atoms with Crippen LogP contribution < -0.4 is 18.9 Å². The zero-order valence-electron chi connectivity index (χ0n) is 15.6. The molecule has 0 aliphatic carbocycles. The van der Waals surface area contributed by atoms with Crippen molar-refractivity contribution in [3.63, 3.8) is 0 Å². The number of aromatic nitrogens is 2. The van der Waals surface area contributed by atoms with E-state index in [1.807, 2.05) is 42.5 Å². The number of hydrogen-bond acceptors (Lipinski definition) is 4. The van der Waals surface area contributed by atoms with E-state index in [9.17, 15) is 14.7 Å². The Balaban J connectivity index is 0.00000140. The molecular formula is C20H20LiN3O4. The molecule has 2 aromatic carbocycles. The first kappa shape index (κ1) is 21.7. The number of nitrogens with one attached hydrogen (secondary N) is 1. The summed E-state index contributed by atoms with van der Waals surface area (Å²) in [5.74, 6) is -1.61. The Morgan fingerprint density at radius 2 is 1.96 bits per heavy atom. The van der Waals surface area contributed by atoms with Crippen molar-refractivity contribution in [3.8, 4) is 0 Å². The largest absolute Gasteiger partial charge is 1.00 e. The molecule has 0 bridgehead atoms. The number of H-pyrrole nitrogens is 1. The second-order valence-corrected chi connectivity index (χ2v) is 6.71. The van der Waals surface area contributed by atoms with Crippen LogP contribution >= 0.6 is 0 Å². The normalized spacial score (nSPS) is 15.9. The smallest absolute Gasteiger partial charge is 0.870 e. The number of aliphatic carboxylic acids is 1. The third kappa shape index (κ3) is 4.28. The van der Waals surface area contributed by atoms with E-state index in [-0.39, 0.29) is 36.7 Å². The third-order valence-corrected chi connectivity index (χ3v) is 4.95. The van der Waals surface area contributed by atoms with Crippen LogP contribution in [0.2, 0.25) is 0 Å². The first-order chi connectivity index (χ1) is 12.6. The fourth-order valence-corrected chi connectivity index (χ4v) is 3.69. The number of carboxylic acids is 1. The van der Waals surface area contributed by atoms with Gasteiger partial charge in [0.15, 0.2) is 0 Å². The molecule has 3 aromatic rings. The van der Waals surface area contributed by atoms with Crippen molar-refractivity contribution in [1.82, 2.24) is 15.1 Å². The molecule has 140 valence electrons. The standard InChI is InChI=1S/C20H19N3O3.Li.H2O/c24-19(25)9-15-8-14-6-7-18-16(10-21-22-18)17(14)12-23(20(15)26)11-13-4-2-1-3-5-13;;/h1-7,10,15H,8-9,11-12H2,(H,21,22)(H,24,25);;1H2/q;+1;/p-1/t15-;;/m0../s1. The number of fused-ring (bicyclic) bond motifs is 3. The van der Waals surface area contributed by atoms with Crippen molar-refractivity contribution in [2.45, 2.75) is 25.9 Å². The number of carbonyl (C=O) groups excluding carboxylic acids is 1. The molecule has 0 spiro atoms. The first-order valence-corrected chi connectivity index (χ1v) is 8.60. The van der Waals surface area contributed by atoms with Crippen molar-refractivity contribution < 1.29 is 39.0 Å². The average Bonchev–Trinajstić information content (AvgIpc) is 3.06. The van der Waals surface area contributed by atoms with Crippen molar-refractivity contribution in [2.75, 3.05) is 0 Å². The number of aromatic amines is 1. The van der Waals surface area contributed by atoms with Gasteiger partial charge in [0.05, 0.1) is 24.1 Å². The van der Waals surface area contributed by atoms with Gasteiger partial charge in [-0.1, -0.05) is 36.4 Å². The molecule has 1 aromatic heterocycles. The Morgan fingerprint density at radius 1 is 1.21 bits per heavy atom. The summed E-state index contributed by atoms with van der Waals surface area (Å²) in [6.45, 7) is 0.916. The van der Waals surface area contributed by atoms with Crippen LogP contribution in [0.3, 0.4) is 0 Å². The topological polar surface area (TPSA) is 116 Å². The Kier molecular flexibility index (Phi) is 7.03. The summed E-state index contributed by atoms with van der Waals surface area (Å²) in [7, 11) is 0. The van der Waals surface area contributed by atoms with Gasteiger partial charge in [-0.15, -0.1) is 0 Å². The van der Waals surface area contributed by atoms with Crippen LogP contribution in [0.1, 0.15) is 23.1 Å². The SMILES string of the molecule is O=C(O)C[C@@H]1Cc2ccc3[nH]ncc3c2CN(Cc2ccccc2)C1=O.[Li+].[OH-]. The molecule has 0 saturated heterocycles. The van der Waals surface area contributed by atoms with Crippen molar-refractivity contribution in [3.05, 3.63) is 65.4 Å². The molecule has 0 unspecified atom stereocenters. The van der Waals surface area contributed by atoms with E-state index in [0.29, 0.717) is 19.5 Å². The summed E-state index contributed by atoms with van der Waals surface area (Å²) in [6.07, 6.45) is 2.05. The number of carboxylic acid groups (broad SMARTS) is 1. The minimum atomic E-state index is -0.948. The molecule has 28 heavy (non-hydrogen) atoms. The van der Waals surface area contributed by atoms with E-state index in [0.717, 1.165) is 27.6 Å². The van der Waals surface area contributed by atoms with Crippen LogP contribution in [0, 0.1) is 5.92 Å². The number of amides is 1. The van der Waals surface area contributed by atoms with Gasteiger partial charge >= 0.3 is 24.8 Å². The quantitative estimate of drug-likeness (QED) is 0.602. The molecule has 1 atom stereocenters. The van der Waals surface area contributed by atoms with E-state index in [2.05, 4.69) is 10.2 Å². The predicted octanol–water partition coefficient (Wildman–Crippen LogP) is -0.434. The molecule has 2 heterocycles. The summed E-state index contributed by atoms with van der Waals surface area (Å²) < 4.78 is 0. The van der Waals surface area contributed by atoms with E-state index in [4.69, 9.17) is 0 Å². The Morgan fingerprint density at radius 3 is 2.68 bits per heavy atom. The van der Waals surface area contributed by atoms with Crippen molar-refractivity contribution in [2.24, 2.45) is 5.92 Å². The number of carbonyl (C=O) groups is 2. The number of hydrogen-bond donors (Lipinski definition) is 2. The Labute approximate surface area is 174 Å². The van der Waals surface area contributed by atoms with Gasteiger partial charge in [-0.05, 0) is 29.2 Å². The van der Waals surface area contributed by atoms with Gasteiger partial charge in [-0.3, -0.25) is 14.7 Å². The van der Waals surface area contributed by atoms with Crippen LogP contribution in [0.5, 0.6) is 0 Å². The minimum absolute atomic E-state index is 0. The fourth-order valence-electron chi connectivity index (χ4n) is 3.69. The molecule has 1 aliphatic heterocycles. The van der Waals surface area contributed by atoms with Crippen molar-refractivity contribution in [1.29, 1.82) is 0 Å². The molecule has 4 rings (SSSR count). The zero-order valence-corrected chi connectivity index (χ0v) is 15.6. The van der Waals surface area contributed by atoms with E-state index in [1.165, 1.54) is 0 Å². The van der Waals surface area contributed by atoms with Gasteiger partial charge in [0, 0.05) is 18.5 Å². The summed E-state index contributed by atoms with van der Waals surface area (Å²) in [5.41, 5.74) is 4.02. The summed E-state index contributed by atoms with van der Waals surface area (Å²) in [4.78, 5) is 26.1. The fraction of sp³-hybridized carbons (Fsp3) is 0.250. The Bertz CT molecular complexity index is 974. The van der Waals surface area contributed by atoms with E-state index < -0.39 is 11.9 Å². The summed E-state index contributed by atoms with van der Waals surface area (Å²) in [5, 5.41) is 17.3. The maximum Gasteiger partial charge on any atom is 1.00 e. The Hall–Kier alpha value is -2.59. The predicted molar refractivity (Wildman–Crippen MR) is 98.2 cm³/mol. The van der Waals surface area contributed by atoms with Gasteiger partial charge in [0.1, 0.15) is 0 Å². The van der Waals surface area contributed by atoms with E-state index in [1.54, 1.807) is 11.1 Å². The molecule has 8 heteroatoms. The first-order valence-electron chi connectivity index (χ1n) is 8.60. The molecule has 0 saturated carbocycles. The zero-order chi connectivity index (χ0) is 18.1. The van der Waals surface area contributed by atoms with Crippen LogP contribution in [-0.2, 0) is 29.1 Å². The van der Waals surface area contributed by atoms with Crippen LogP contribution in [0.4, 0.5) is 0 Å². The van der Waals surface area contributed by atoms with Gasteiger partial charge in [-0.2, -0.15) is 5.10 Å². The van der Waals surface area contributed by atoms with Gasteiger partial charge in [-0.25, -0.2) is 0 Å². The van der Waals surface area contributed by atoms with Crippen molar-refractivity contribution >= 4 is 22.8 Å². The summed E-state index contributed by atoms with van der Waals surface area (Å²) >= 11 is 0. The molecule has 7 nitrogen and oxygen atoms in total. The number of benzene rings is 2. The molecular weight excluding hydrogens is 353 g/mol. The van der Waals surface area contributed by atoms with Crippen LogP contribution in [-0.4, -0.2) is 37.6 Å². The maximum absolute atomic E-state index is 13.1. The number of nitrogens with zero attached hydrogens (tertiary/aromatic N) is 2. The molecule has 0 fully saturated rings. The van der Waals surface area contributed by atoms with Crippen LogP contribution in [0.15, 0.2) is 48.7 Å². The second-order valence-electron chi connectivity index (χ2n) is 6.71. The molecule has 3 N–H and O–H groups in total. The van der Waals surface area contributed by atoms with Gasteiger partial charge in [0.2, 0.25) is 5.91 Å². The number of rotatable bonds is 4. The molecule has 1 aliphatic rings. The van der Waals surface area contributed by atoms with Crippen LogP contribution in [0.25, 0.3) is 10.9 Å². The molecule has 0 radical (unpaired) electrons. The second kappa shape index (κ2) is 9.07. The average molecular weight is 373 g/mol. The van der Waals surface area contributed by atoms with Gasteiger partial charge in [0.25, 0.3) is 0 Å². The maximum atomic E-state index is 13.1. The monoisotopic (exact) mass is 373 g/mol. The minimum Gasteiger partial charge on any atom is -0.870 e. The third-order valence-electron chi connectivity index (χ3n) is 4.95. The van der Waals surface area contributed by atoms with Gasteiger partial charge < -0.3 is 15.5 Å².